The van der Waals surface area contributed by atoms with Gasteiger partial charge in [-0.25, -0.2) is 9.37 Å². The molecule has 0 aliphatic carbocycles. The van der Waals surface area contributed by atoms with E-state index in [-0.39, 0.29) is 35.0 Å². The summed E-state index contributed by atoms with van der Waals surface area (Å²) < 4.78 is 16.0. The molecule has 0 radical (unpaired) electrons. The Morgan fingerprint density at radius 3 is 2.47 bits per heavy atom. The Morgan fingerprint density at radius 1 is 1.06 bits per heavy atom. The molecule has 2 unspecified atom stereocenters. The number of rotatable bonds is 8. The largest absolute Gasteiger partial charge is 0.348 e. The number of amides is 2. The fourth-order valence-corrected chi connectivity index (χ4v) is 5.65. The van der Waals surface area contributed by atoms with Crippen LogP contribution in [0.4, 0.5) is 4.39 Å². The van der Waals surface area contributed by atoms with Crippen LogP contribution >= 0.6 is 11.6 Å². The molecule has 0 bridgehead atoms. The second-order valence-electron chi connectivity index (χ2n) is 9.64. The highest BCUT2D eigenvalue weighted by molar-refractivity contribution is 6.33. The van der Waals surface area contributed by atoms with Gasteiger partial charge in [0.25, 0.3) is 5.91 Å². The predicted octanol–water partition coefficient (Wildman–Crippen LogP) is 3.63. The summed E-state index contributed by atoms with van der Waals surface area (Å²) >= 11 is 6.11. The molecule has 1 aromatic heterocycles. The first kappa shape index (κ1) is 24.5. The lowest BCUT2D eigenvalue weighted by Gasteiger charge is -2.25. The minimum absolute atomic E-state index is 0.0341. The van der Waals surface area contributed by atoms with Crippen molar-refractivity contribution in [1.29, 1.82) is 0 Å². The van der Waals surface area contributed by atoms with Gasteiger partial charge in [-0.1, -0.05) is 48.0 Å². The number of imidazole rings is 1. The number of carbonyl (C=O) groups excluding carboxylic acids is 2. The average molecular weight is 510 g/mol. The molecule has 2 aliphatic heterocycles. The molecule has 0 spiro atoms. The second kappa shape index (κ2) is 10.8. The molecule has 3 aromatic rings. The Bertz CT molecular complexity index is 1170. The van der Waals surface area contributed by atoms with Crippen LogP contribution in [0, 0.1) is 17.7 Å². The Hall–Kier alpha value is -3.23. The van der Waals surface area contributed by atoms with Gasteiger partial charge in [0.1, 0.15) is 12.4 Å². The van der Waals surface area contributed by atoms with Gasteiger partial charge in [0, 0.05) is 45.1 Å². The van der Waals surface area contributed by atoms with E-state index in [4.69, 9.17) is 11.6 Å². The third-order valence-corrected chi connectivity index (χ3v) is 7.50. The number of nitrogens with one attached hydrogen (secondary N) is 1. The number of aromatic nitrogens is 2. The fourth-order valence-electron chi connectivity index (χ4n) is 5.40. The zero-order chi connectivity index (χ0) is 25.1. The fraction of sp³-hybridized carbons (Fsp3) is 0.370. The maximum absolute atomic E-state index is 14.2. The third kappa shape index (κ3) is 5.44. The van der Waals surface area contributed by atoms with Crippen LogP contribution in [0.3, 0.4) is 0 Å². The number of hydrogen-bond acceptors (Lipinski definition) is 4. The number of halogens is 2. The van der Waals surface area contributed by atoms with Crippen LogP contribution < -0.4 is 5.32 Å². The van der Waals surface area contributed by atoms with Gasteiger partial charge < -0.3 is 19.7 Å². The number of carbonyl (C=O) groups is 2. The van der Waals surface area contributed by atoms with Gasteiger partial charge in [0.05, 0.1) is 23.0 Å². The van der Waals surface area contributed by atoms with E-state index in [2.05, 4.69) is 15.2 Å². The van der Waals surface area contributed by atoms with Crippen molar-refractivity contribution in [3.63, 3.8) is 0 Å². The van der Waals surface area contributed by atoms with Crippen molar-refractivity contribution in [2.24, 2.45) is 11.8 Å². The first-order valence-electron chi connectivity index (χ1n) is 12.2. The van der Waals surface area contributed by atoms with Crippen LogP contribution in [-0.4, -0.2) is 63.9 Å². The Balaban J connectivity index is 1.16. The molecule has 5 rings (SSSR count). The van der Waals surface area contributed by atoms with Crippen molar-refractivity contribution >= 4 is 23.4 Å². The normalized spacial score (nSPS) is 20.3. The topological polar surface area (TPSA) is 70.5 Å². The van der Waals surface area contributed by atoms with E-state index in [9.17, 15) is 14.0 Å². The van der Waals surface area contributed by atoms with Crippen LogP contribution in [0.2, 0.25) is 5.02 Å². The van der Waals surface area contributed by atoms with Crippen LogP contribution in [0.15, 0.2) is 67.3 Å². The molecule has 36 heavy (non-hydrogen) atoms. The Labute approximate surface area is 214 Å². The van der Waals surface area contributed by atoms with E-state index in [0.29, 0.717) is 24.9 Å². The highest BCUT2D eigenvalue weighted by atomic mass is 35.5. The van der Waals surface area contributed by atoms with Gasteiger partial charge in [-0.05, 0) is 36.0 Å². The Morgan fingerprint density at radius 2 is 1.81 bits per heavy atom. The summed E-state index contributed by atoms with van der Waals surface area (Å²) in [5.74, 6) is -0.255. The maximum Gasteiger partial charge on any atom is 0.258 e. The molecule has 9 heteroatoms. The van der Waals surface area contributed by atoms with E-state index in [0.717, 1.165) is 31.6 Å². The molecule has 2 amide bonds. The third-order valence-electron chi connectivity index (χ3n) is 7.18. The lowest BCUT2D eigenvalue weighted by molar-refractivity contribution is -0.122. The van der Waals surface area contributed by atoms with Crippen molar-refractivity contribution in [2.75, 3.05) is 32.7 Å². The van der Waals surface area contributed by atoms with E-state index in [1.807, 2.05) is 30.3 Å². The minimum atomic E-state index is -0.576. The summed E-state index contributed by atoms with van der Waals surface area (Å²) in [6.07, 6.45) is 5.85. The summed E-state index contributed by atoms with van der Waals surface area (Å²) in [6.45, 7) is 4.04. The van der Waals surface area contributed by atoms with E-state index in [1.165, 1.54) is 12.1 Å². The molecule has 188 valence electrons. The van der Waals surface area contributed by atoms with Crippen molar-refractivity contribution in [3.05, 3.63) is 89.2 Å². The number of nitrogens with zero attached hydrogens (tertiary/aromatic N) is 4. The van der Waals surface area contributed by atoms with Crippen LogP contribution in [0.1, 0.15) is 28.4 Å². The number of benzene rings is 2. The molecule has 7 nitrogen and oxygen atoms in total. The van der Waals surface area contributed by atoms with E-state index >= 15 is 0 Å². The smallest absolute Gasteiger partial charge is 0.258 e. The Kier molecular flexibility index (Phi) is 7.34. The number of fused-ring (bicyclic) bond motifs is 1. The van der Waals surface area contributed by atoms with Crippen LogP contribution in [0.25, 0.3) is 0 Å². The van der Waals surface area contributed by atoms with Crippen molar-refractivity contribution in [2.45, 2.75) is 19.0 Å². The summed E-state index contributed by atoms with van der Waals surface area (Å²) in [6, 6.07) is 14.3. The zero-order valence-corrected chi connectivity index (χ0v) is 20.6. The van der Waals surface area contributed by atoms with Crippen molar-refractivity contribution in [1.82, 2.24) is 24.7 Å². The van der Waals surface area contributed by atoms with E-state index < -0.39 is 5.82 Å². The first-order valence-corrected chi connectivity index (χ1v) is 12.6. The molecule has 2 saturated heterocycles. The molecule has 2 aromatic carbocycles. The maximum atomic E-state index is 14.2. The molecule has 0 saturated carbocycles. The molecular formula is C27H29ClFN5O2. The van der Waals surface area contributed by atoms with Gasteiger partial charge in [-0.15, -0.1) is 0 Å². The predicted molar refractivity (Wildman–Crippen MR) is 135 cm³/mol. The minimum Gasteiger partial charge on any atom is -0.348 e. The lowest BCUT2D eigenvalue weighted by Crippen LogP contribution is -2.36. The quantitative estimate of drug-likeness (QED) is 0.503. The monoisotopic (exact) mass is 509 g/mol. The average Bonchev–Trinajstić information content (AvgIpc) is 3.59. The number of likely N-dealkylation sites (tertiary alicyclic amines) is 2. The van der Waals surface area contributed by atoms with E-state index in [1.54, 1.807) is 34.3 Å². The molecule has 2 fully saturated rings. The van der Waals surface area contributed by atoms with Crippen LogP contribution in [-0.2, 0) is 11.3 Å². The summed E-state index contributed by atoms with van der Waals surface area (Å²) in [5.41, 5.74) is 1.04. The molecular weight excluding hydrogens is 481 g/mol. The summed E-state index contributed by atoms with van der Waals surface area (Å²) in [4.78, 5) is 33.7. The standard InChI is InChI=1S/C27H29ClFN5O2/c28-22-7-4-8-23(29)26(22)27(36)34-15-20-13-32(14-21(20)16-34)11-9-24(19-5-2-1-3-6-19)31-25(35)17-33-12-10-30-18-33/h1-8,10,12,18,20-21,24H,9,11,13-17H2,(H,31,35)/t20?,21?,24-/m0/s1. The molecule has 1 N–H and O–H groups in total. The second-order valence-corrected chi connectivity index (χ2v) is 10.0. The highest BCUT2D eigenvalue weighted by Crippen LogP contribution is 2.33. The molecule has 3 atom stereocenters. The van der Waals surface area contributed by atoms with Crippen molar-refractivity contribution in [3.8, 4) is 0 Å². The van der Waals surface area contributed by atoms with Gasteiger partial charge in [-0.2, -0.15) is 0 Å². The highest BCUT2D eigenvalue weighted by Gasteiger charge is 2.42. The number of hydrogen-bond donors (Lipinski definition) is 1. The summed E-state index contributed by atoms with van der Waals surface area (Å²) in [5, 5.41) is 3.33. The van der Waals surface area contributed by atoms with Gasteiger partial charge in [0.15, 0.2) is 0 Å². The van der Waals surface area contributed by atoms with Crippen LogP contribution in [0.5, 0.6) is 0 Å². The van der Waals surface area contributed by atoms with Crippen molar-refractivity contribution < 1.29 is 14.0 Å². The van der Waals surface area contributed by atoms with Gasteiger partial charge in [0.2, 0.25) is 5.91 Å². The molecule has 2 aliphatic rings. The summed E-state index contributed by atoms with van der Waals surface area (Å²) in [7, 11) is 0. The zero-order valence-electron chi connectivity index (χ0n) is 19.9. The van der Waals surface area contributed by atoms with Gasteiger partial charge in [-0.3, -0.25) is 9.59 Å². The van der Waals surface area contributed by atoms with Gasteiger partial charge >= 0.3 is 0 Å². The SMILES string of the molecule is O=C(Cn1ccnc1)N[C@@H](CCN1CC2CN(C(=O)c3c(F)cccc3Cl)CC2C1)c1ccccc1. The lowest BCUT2D eigenvalue weighted by atomic mass is 10.0. The first-order chi connectivity index (χ1) is 17.5. The molecule has 3 heterocycles.